The summed E-state index contributed by atoms with van der Waals surface area (Å²) < 4.78 is 24.0. The molecule has 0 aromatic heterocycles. The molecule has 3 aromatic carbocycles. The maximum Gasteiger partial charge on any atom is 0.150 e. The largest absolute Gasteiger partial charge is 0.508 e. The highest BCUT2D eigenvalue weighted by atomic mass is 19.1. The first-order valence-electron chi connectivity index (χ1n) is 13.5. The highest BCUT2D eigenvalue weighted by Gasteiger charge is 2.29. The molecule has 1 unspecified atom stereocenters. The van der Waals surface area contributed by atoms with E-state index in [-0.39, 0.29) is 24.3 Å². The van der Waals surface area contributed by atoms with Gasteiger partial charge in [0.15, 0.2) is 0 Å². The third-order valence-corrected chi connectivity index (χ3v) is 6.66. The molecule has 0 spiro atoms. The Morgan fingerprint density at radius 3 is 2.46 bits per heavy atom. The monoisotopic (exact) mass is 529 g/mol. The van der Waals surface area contributed by atoms with Gasteiger partial charge in [-0.3, -0.25) is 4.39 Å². The third-order valence-electron chi connectivity index (χ3n) is 6.66. The summed E-state index contributed by atoms with van der Waals surface area (Å²) in [4.78, 5) is 0. The molecule has 5 nitrogen and oxygen atoms in total. The molecule has 0 fully saturated rings. The fourth-order valence-electron chi connectivity index (χ4n) is 4.61. The van der Waals surface area contributed by atoms with Crippen molar-refractivity contribution in [1.29, 1.82) is 0 Å². The molecule has 1 aliphatic rings. The van der Waals surface area contributed by atoms with E-state index in [0.29, 0.717) is 31.9 Å². The minimum absolute atomic E-state index is 0.179. The van der Waals surface area contributed by atoms with Crippen LogP contribution < -0.4 is 10.1 Å². The van der Waals surface area contributed by atoms with E-state index >= 15 is 0 Å². The van der Waals surface area contributed by atoms with Gasteiger partial charge in [-0.05, 0) is 98.3 Å². The van der Waals surface area contributed by atoms with Crippen LogP contribution in [0.25, 0.3) is 11.1 Å². The zero-order valence-electron chi connectivity index (χ0n) is 22.4. The Balaban J connectivity index is 1.37. The summed E-state index contributed by atoms with van der Waals surface area (Å²) in [5.74, 6) is 7.45. The lowest BCUT2D eigenvalue weighted by Gasteiger charge is -2.31. The van der Waals surface area contributed by atoms with Crippen molar-refractivity contribution in [2.45, 2.75) is 38.7 Å². The molecule has 6 heteroatoms. The predicted octanol–water partition coefficient (Wildman–Crippen LogP) is 6.65. The van der Waals surface area contributed by atoms with Gasteiger partial charge in [-0.1, -0.05) is 36.1 Å². The number of phenolic OH excluding ortho intramolecular Hbond substituents is 2. The van der Waals surface area contributed by atoms with Crippen LogP contribution in [0.15, 0.2) is 66.7 Å². The van der Waals surface area contributed by atoms with Gasteiger partial charge in [-0.2, -0.15) is 0 Å². The van der Waals surface area contributed by atoms with E-state index in [1.165, 1.54) is 0 Å². The van der Waals surface area contributed by atoms with Crippen molar-refractivity contribution in [3.05, 3.63) is 89.0 Å². The molecular weight excluding hydrogens is 493 g/mol. The number of hydrogen-bond donors (Lipinski definition) is 3. The lowest BCUT2D eigenvalue weighted by Crippen LogP contribution is -2.16. The number of rotatable bonds is 12. The van der Waals surface area contributed by atoms with Crippen molar-refractivity contribution in [1.82, 2.24) is 5.32 Å². The van der Waals surface area contributed by atoms with Crippen LogP contribution in [0.2, 0.25) is 0 Å². The molecule has 1 heterocycles. The number of phenols is 2. The van der Waals surface area contributed by atoms with Gasteiger partial charge in [0, 0.05) is 29.9 Å². The molecule has 0 aliphatic carbocycles. The Labute approximate surface area is 230 Å². The van der Waals surface area contributed by atoms with Gasteiger partial charge in [0.05, 0.1) is 13.2 Å². The van der Waals surface area contributed by atoms with Crippen LogP contribution in [0.3, 0.4) is 0 Å². The quantitative estimate of drug-likeness (QED) is 0.181. The number of aromatic hydroxyl groups is 2. The fourth-order valence-corrected chi connectivity index (χ4v) is 4.61. The minimum atomic E-state index is -0.375. The van der Waals surface area contributed by atoms with Crippen molar-refractivity contribution in [3.8, 4) is 29.1 Å². The fraction of sp³-hybridized carbons (Fsp3) is 0.333. The number of hydrogen-bond acceptors (Lipinski definition) is 5. The molecule has 4 rings (SSSR count). The maximum absolute atomic E-state index is 12.0. The molecule has 204 valence electrons. The smallest absolute Gasteiger partial charge is 0.150 e. The topological polar surface area (TPSA) is 71.0 Å². The number of alkyl halides is 1. The van der Waals surface area contributed by atoms with E-state index in [1.807, 2.05) is 43.3 Å². The Bertz CT molecular complexity index is 1320. The Morgan fingerprint density at radius 2 is 1.69 bits per heavy atom. The molecule has 3 N–H and O–H groups in total. The van der Waals surface area contributed by atoms with Gasteiger partial charge in [0.2, 0.25) is 0 Å². The molecule has 0 radical (unpaired) electrons. The Kier molecular flexibility index (Phi) is 10.4. The summed E-state index contributed by atoms with van der Waals surface area (Å²) in [6.07, 6.45) is 2.98. The van der Waals surface area contributed by atoms with Crippen LogP contribution >= 0.6 is 0 Å². The van der Waals surface area contributed by atoms with E-state index in [9.17, 15) is 14.6 Å². The van der Waals surface area contributed by atoms with Crippen LogP contribution in [-0.2, 0) is 4.74 Å². The molecule has 0 bridgehead atoms. The second kappa shape index (κ2) is 14.4. The third kappa shape index (κ3) is 7.86. The average Bonchev–Trinajstić information content (AvgIpc) is 2.94. The molecule has 3 aromatic rings. The van der Waals surface area contributed by atoms with Gasteiger partial charge in [0.1, 0.15) is 23.4 Å². The summed E-state index contributed by atoms with van der Waals surface area (Å²) in [6, 6.07) is 20.3. The van der Waals surface area contributed by atoms with Gasteiger partial charge in [-0.15, -0.1) is 0 Å². The number of benzene rings is 3. The van der Waals surface area contributed by atoms with Crippen molar-refractivity contribution in [3.63, 3.8) is 0 Å². The van der Waals surface area contributed by atoms with Crippen LogP contribution in [0.5, 0.6) is 17.2 Å². The zero-order chi connectivity index (χ0) is 27.5. The average molecular weight is 530 g/mol. The molecule has 0 saturated carbocycles. The van der Waals surface area contributed by atoms with Gasteiger partial charge in [0.25, 0.3) is 0 Å². The first kappa shape index (κ1) is 28.2. The number of fused-ring (bicyclic) bond motifs is 1. The van der Waals surface area contributed by atoms with Crippen LogP contribution in [0.1, 0.15) is 61.0 Å². The maximum atomic E-state index is 12.0. The van der Waals surface area contributed by atoms with E-state index in [0.717, 1.165) is 59.2 Å². The minimum Gasteiger partial charge on any atom is -0.508 e. The lowest BCUT2D eigenvalue weighted by atomic mass is 9.86. The van der Waals surface area contributed by atoms with Crippen LogP contribution in [-0.4, -0.2) is 43.2 Å². The molecule has 0 saturated heterocycles. The first-order valence-corrected chi connectivity index (χ1v) is 13.5. The predicted molar refractivity (Wildman–Crippen MR) is 154 cm³/mol. The van der Waals surface area contributed by atoms with E-state index in [1.54, 1.807) is 30.3 Å². The zero-order valence-corrected chi connectivity index (χ0v) is 22.4. The second-order valence-electron chi connectivity index (χ2n) is 9.58. The summed E-state index contributed by atoms with van der Waals surface area (Å²) in [5.41, 5.74) is 5.52. The van der Waals surface area contributed by atoms with E-state index < -0.39 is 0 Å². The SMILES string of the molecule is CC1=C(c2cccc(O)c2)C(c2ccc(C#CCNCCCCOCCCCF)cc2)Oc2ccc(O)cc21. The summed E-state index contributed by atoms with van der Waals surface area (Å²) in [6.45, 7) is 4.59. The first-order chi connectivity index (χ1) is 19.1. The Hall–Kier alpha value is -3.79. The van der Waals surface area contributed by atoms with Crippen LogP contribution in [0.4, 0.5) is 4.39 Å². The van der Waals surface area contributed by atoms with E-state index in [4.69, 9.17) is 9.47 Å². The normalized spacial score (nSPS) is 14.4. The number of unbranched alkanes of at least 4 members (excludes halogenated alkanes) is 2. The molecule has 1 aliphatic heterocycles. The van der Waals surface area contributed by atoms with Crippen molar-refractivity contribution in [2.24, 2.45) is 0 Å². The number of nitrogens with one attached hydrogen (secondary N) is 1. The molecule has 39 heavy (non-hydrogen) atoms. The molecular formula is C33H36FNO4. The summed E-state index contributed by atoms with van der Waals surface area (Å²) in [7, 11) is 0. The van der Waals surface area contributed by atoms with Gasteiger partial charge >= 0.3 is 0 Å². The number of allylic oxidation sites excluding steroid dienone is 1. The standard InChI is InChI=1S/C33H36FNO4/c1-24-30-23-29(37)15-16-31(30)39-33(32(24)27-9-6-10-28(36)22-27)26-13-11-25(12-14-26)8-7-19-35-18-3-5-21-38-20-4-2-17-34/h6,9-16,22-23,33,35-37H,2-5,17-21H2,1H3. The second-order valence-corrected chi connectivity index (χ2v) is 9.58. The van der Waals surface area contributed by atoms with Gasteiger partial charge in [-0.25, -0.2) is 0 Å². The van der Waals surface area contributed by atoms with Crippen LogP contribution in [0, 0.1) is 11.8 Å². The van der Waals surface area contributed by atoms with Crippen molar-refractivity contribution in [2.75, 3.05) is 33.0 Å². The lowest BCUT2D eigenvalue weighted by molar-refractivity contribution is 0.125. The Morgan fingerprint density at radius 1 is 0.923 bits per heavy atom. The van der Waals surface area contributed by atoms with Crippen molar-refractivity contribution >= 4 is 11.1 Å². The molecule has 0 amide bonds. The van der Waals surface area contributed by atoms with Crippen molar-refractivity contribution < 1.29 is 24.1 Å². The van der Waals surface area contributed by atoms with Gasteiger partial charge < -0.3 is 25.0 Å². The highest BCUT2D eigenvalue weighted by molar-refractivity contribution is 5.95. The van der Waals surface area contributed by atoms with E-state index in [2.05, 4.69) is 17.2 Å². The molecule has 1 atom stereocenters. The number of halogens is 1. The summed E-state index contributed by atoms with van der Waals surface area (Å²) in [5, 5.41) is 23.5. The summed E-state index contributed by atoms with van der Waals surface area (Å²) >= 11 is 0. The number of ether oxygens (including phenoxy) is 2. The highest BCUT2D eigenvalue weighted by Crippen LogP contribution is 2.47.